The zero-order chi connectivity index (χ0) is 30.9. The van der Waals surface area contributed by atoms with Crippen molar-refractivity contribution < 1.29 is 19.5 Å². The molecule has 0 aliphatic rings. The number of amides is 2. The van der Waals surface area contributed by atoms with Crippen LogP contribution in [0.3, 0.4) is 0 Å². The lowest BCUT2D eigenvalue weighted by molar-refractivity contribution is -0.138. The van der Waals surface area contributed by atoms with Crippen LogP contribution in [-0.2, 0) is 16.0 Å². The summed E-state index contributed by atoms with van der Waals surface area (Å²) in [6.07, 6.45) is 3.53. The Morgan fingerprint density at radius 2 is 1.51 bits per heavy atom. The third-order valence-electron chi connectivity index (χ3n) is 6.76. The van der Waals surface area contributed by atoms with Gasteiger partial charge in [-0.3, -0.25) is 14.4 Å². The van der Waals surface area contributed by atoms with E-state index in [1.54, 1.807) is 77.7 Å². The lowest BCUT2D eigenvalue weighted by Crippen LogP contribution is -2.33. The Bertz CT molecular complexity index is 1600. The van der Waals surface area contributed by atoms with Gasteiger partial charge in [-0.25, -0.2) is 0 Å². The second-order valence-corrected chi connectivity index (χ2v) is 11.3. The van der Waals surface area contributed by atoms with Gasteiger partial charge in [0, 0.05) is 24.0 Å². The number of carbonyl (C=O) groups excluding carboxylic acids is 2. The molecule has 4 aromatic rings. The molecule has 43 heavy (non-hydrogen) atoms. The fraction of sp³-hybridized carbons (Fsp3) is 0.171. The van der Waals surface area contributed by atoms with E-state index >= 15 is 0 Å². The molecule has 4 rings (SSSR count). The van der Waals surface area contributed by atoms with Crippen molar-refractivity contribution in [1.29, 1.82) is 0 Å². The van der Waals surface area contributed by atoms with Gasteiger partial charge >= 0.3 is 5.97 Å². The largest absolute Gasteiger partial charge is 0.481 e. The first-order valence-corrected chi connectivity index (χ1v) is 14.6. The number of hydrogen-bond donors (Lipinski definition) is 2. The average Bonchev–Trinajstić information content (AvgIpc) is 2.98. The van der Waals surface area contributed by atoms with Crippen molar-refractivity contribution in [3.8, 4) is 0 Å². The van der Waals surface area contributed by atoms with E-state index in [0.29, 0.717) is 23.5 Å². The molecule has 0 aliphatic carbocycles. The standard InChI is InChI=1S/C35H32Cl2N2O4/c1-23(2)22-39(32(40)19-16-24-8-4-3-5-9-24)28-11-6-10-26(21-28)29(35(42)43)20-25-14-17-27(18-15-25)38-34(41)33-30(36)12-7-13-31(33)37/h3-19,21,23,29H,20,22H2,1-2H3,(H,38,41)(H,42,43)/b19-16+. The highest BCUT2D eigenvalue weighted by molar-refractivity contribution is 6.40. The van der Waals surface area contributed by atoms with E-state index in [9.17, 15) is 19.5 Å². The highest BCUT2D eigenvalue weighted by Crippen LogP contribution is 2.28. The Kier molecular flexibility index (Phi) is 10.8. The van der Waals surface area contributed by atoms with Crippen LogP contribution in [0.15, 0.2) is 103 Å². The second-order valence-electron chi connectivity index (χ2n) is 10.5. The molecular weight excluding hydrogens is 583 g/mol. The van der Waals surface area contributed by atoms with Gasteiger partial charge in [-0.2, -0.15) is 0 Å². The summed E-state index contributed by atoms with van der Waals surface area (Å²) in [7, 11) is 0. The molecule has 0 saturated carbocycles. The highest BCUT2D eigenvalue weighted by Gasteiger charge is 2.23. The van der Waals surface area contributed by atoms with Gasteiger partial charge in [-0.15, -0.1) is 0 Å². The molecule has 0 bridgehead atoms. The zero-order valence-electron chi connectivity index (χ0n) is 23.8. The molecule has 0 aliphatic heterocycles. The third kappa shape index (κ3) is 8.57. The molecule has 220 valence electrons. The van der Waals surface area contributed by atoms with Gasteiger partial charge in [-0.1, -0.05) is 97.7 Å². The molecule has 0 radical (unpaired) electrons. The first-order chi connectivity index (χ1) is 20.6. The summed E-state index contributed by atoms with van der Waals surface area (Å²) in [5, 5.41) is 13.4. The zero-order valence-corrected chi connectivity index (χ0v) is 25.3. The number of hydrogen-bond acceptors (Lipinski definition) is 3. The number of benzene rings is 4. The predicted molar refractivity (Wildman–Crippen MR) is 174 cm³/mol. The Labute approximate surface area is 261 Å². The van der Waals surface area contributed by atoms with Gasteiger partial charge in [0.2, 0.25) is 0 Å². The van der Waals surface area contributed by atoms with Crippen molar-refractivity contribution in [3.63, 3.8) is 0 Å². The monoisotopic (exact) mass is 614 g/mol. The van der Waals surface area contributed by atoms with Crippen molar-refractivity contribution >= 4 is 58.4 Å². The number of anilines is 2. The topological polar surface area (TPSA) is 86.7 Å². The molecule has 1 unspecified atom stereocenters. The predicted octanol–water partition coefficient (Wildman–Crippen LogP) is 8.36. The maximum absolute atomic E-state index is 13.3. The van der Waals surface area contributed by atoms with E-state index in [2.05, 4.69) is 5.32 Å². The van der Waals surface area contributed by atoms with Crippen LogP contribution in [0, 0.1) is 5.92 Å². The molecule has 6 nitrogen and oxygen atoms in total. The van der Waals surface area contributed by atoms with Crippen molar-refractivity contribution in [1.82, 2.24) is 0 Å². The highest BCUT2D eigenvalue weighted by atomic mass is 35.5. The molecule has 4 aromatic carbocycles. The van der Waals surface area contributed by atoms with Crippen LogP contribution in [0.4, 0.5) is 11.4 Å². The van der Waals surface area contributed by atoms with E-state index in [1.807, 2.05) is 50.2 Å². The van der Waals surface area contributed by atoms with Gasteiger partial charge in [0.1, 0.15) is 0 Å². The SMILES string of the molecule is CC(C)CN(C(=O)/C=C/c1ccccc1)c1cccc(C(Cc2ccc(NC(=O)c3c(Cl)cccc3Cl)cc2)C(=O)O)c1. The number of carboxylic acids is 1. The van der Waals surface area contributed by atoms with E-state index in [4.69, 9.17) is 23.2 Å². The molecular formula is C35H32Cl2N2O4. The summed E-state index contributed by atoms with van der Waals surface area (Å²) in [6, 6.07) is 28.5. The molecule has 0 aromatic heterocycles. The van der Waals surface area contributed by atoms with E-state index in [1.165, 1.54) is 0 Å². The van der Waals surface area contributed by atoms with Crippen LogP contribution in [0.1, 0.15) is 46.8 Å². The molecule has 0 fully saturated rings. The fourth-order valence-corrected chi connectivity index (χ4v) is 5.20. The Morgan fingerprint density at radius 1 is 0.860 bits per heavy atom. The lowest BCUT2D eigenvalue weighted by Gasteiger charge is -2.25. The number of rotatable bonds is 11. The van der Waals surface area contributed by atoms with Crippen LogP contribution in [0.25, 0.3) is 6.08 Å². The minimum Gasteiger partial charge on any atom is -0.481 e. The van der Waals surface area contributed by atoms with Crippen molar-refractivity contribution in [2.24, 2.45) is 5.92 Å². The van der Waals surface area contributed by atoms with E-state index in [0.717, 1.165) is 11.1 Å². The lowest BCUT2D eigenvalue weighted by atomic mass is 9.91. The number of halogens is 2. The van der Waals surface area contributed by atoms with Gasteiger partial charge in [0.15, 0.2) is 0 Å². The smallest absolute Gasteiger partial charge is 0.311 e. The average molecular weight is 616 g/mol. The number of carboxylic acid groups (broad SMARTS) is 1. The first kappa shape index (κ1) is 31.5. The summed E-state index contributed by atoms with van der Waals surface area (Å²) in [5.41, 5.74) is 3.61. The molecule has 1 atom stereocenters. The van der Waals surface area contributed by atoms with Crippen LogP contribution in [0.2, 0.25) is 10.0 Å². The minimum atomic E-state index is -0.978. The quantitative estimate of drug-likeness (QED) is 0.166. The van der Waals surface area contributed by atoms with Crippen molar-refractivity contribution in [2.75, 3.05) is 16.8 Å². The third-order valence-corrected chi connectivity index (χ3v) is 7.39. The molecule has 0 heterocycles. The Morgan fingerprint density at radius 3 is 2.14 bits per heavy atom. The van der Waals surface area contributed by atoms with E-state index in [-0.39, 0.29) is 33.9 Å². The van der Waals surface area contributed by atoms with Crippen molar-refractivity contribution in [3.05, 3.63) is 135 Å². The van der Waals surface area contributed by atoms with E-state index < -0.39 is 17.8 Å². The number of nitrogens with zero attached hydrogens (tertiary/aromatic N) is 1. The van der Waals surface area contributed by atoms with Gasteiger partial charge < -0.3 is 15.3 Å². The molecule has 0 saturated heterocycles. The Balaban J connectivity index is 1.52. The minimum absolute atomic E-state index is 0.182. The summed E-state index contributed by atoms with van der Waals surface area (Å²) < 4.78 is 0. The van der Waals surface area contributed by atoms with Crippen LogP contribution < -0.4 is 10.2 Å². The second kappa shape index (κ2) is 14.7. The van der Waals surface area contributed by atoms with Gasteiger partial charge in [0.25, 0.3) is 11.8 Å². The first-order valence-electron chi connectivity index (χ1n) is 13.8. The molecule has 2 N–H and O–H groups in total. The maximum atomic E-state index is 13.3. The Hall–Kier alpha value is -4.39. The number of aliphatic carboxylic acids is 1. The summed E-state index contributed by atoms with van der Waals surface area (Å²) in [5.74, 6) is -2.26. The maximum Gasteiger partial charge on any atom is 0.311 e. The number of nitrogens with one attached hydrogen (secondary N) is 1. The molecule has 8 heteroatoms. The van der Waals surface area contributed by atoms with Gasteiger partial charge in [0.05, 0.1) is 21.5 Å². The van der Waals surface area contributed by atoms with Crippen LogP contribution in [-0.4, -0.2) is 29.4 Å². The fourth-order valence-electron chi connectivity index (χ4n) is 4.63. The van der Waals surface area contributed by atoms with Crippen LogP contribution >= 0.6 is 23.2 Å². The summed E-state index contributed by atoms with van der Waals surface area (Å²) >= 11 is 12.3. The normalized spacial score (nSPS) is 11.8. The molecule has 0 spiro atoms. The van der Waals surface area contributed by atoms with Gasteiger partial charge in [-0.05, 0) is 71.5 Å². The number of carbonyl (C=O) groups is 3. The van der Waals surface area contributed by atoms with Crippen LogP contribution in [0.5, 0.6) is 0 Å². The molecule has 2 amide bonds. The van der Waals surface area contributed by atoms with Crippen molar-refractivity contribution in [2.45, 2.75) is 26.2 Å². The summed E-state index contributed by atoms with van der Waals surface area (Å²) in [4.78, 5) is 40.1. The summed E-state index contributed by atoms with van der Waals surface area (Å²) in [6.45, 7) is 4.53.